The van der Waals surface area contributed by atoms with E-state index in [1.54, 1.807) is 20.8 Å². The third kappa shape index (κ3) is 6.71. The second-order valence-electron chi connectivity index (χ2n) is 11.7. The molecule has 1 aromatic rings. The average Bonchev–Trinajstić information content (AvgIpc) is 3.35. The summed E-state index contributed by atoms with van der Waals surface area (Å²) in [6.07, 6.45) is 3.54. The van der Waals surface area contributed by atoms with E-state index >= 15 is 0 Å². The molecular formula is C28H37N3O7. The Labute approximate surface area is 222 Å². The number of ether oxygens (including phenoxy) is 1. The van der Waals surface area contributed by atoms with E-state index in [0.717, 1.165) is 24.0 Å². The molecule has 0 spiro atoms. The smallest absolute Gasteiger partial charge is 0.408 e. The van der Waals surface area contributed by atoms with Crippen LogP contribution in [0.1, 0.15) is 64.0 Å². The number of carboxylic acid groups (broad SMARTS) is 1. The normalized spacial score (nSPS) is 20.8. The van der Waals surface area contributed by atoms with Gasteiger partial charge in [-0.05, 0) is 75.8 Å². The van der Waals surface area contributed by atoms with Crippen LogP contribution in [0.3, 0.4) is 0 Å². The first-order chi connectivity index (χ1) is 17.9. The lowest BCUT2D eigenvalue weighted by atomic mass is 9.95. The van der Waals surface area contributed by atoms with Crippen LogP contribution in [0.5, 0.6) is 0 Å². The summed E-state index contributed by atoms with van der Waals surface area (Å²) in [5.74, 6) is -3.55. The van der Waals surface area contributed by atoms with E-state index in [-0.39, 0.29) is 24.2 Å². The number of ketones is 1. The van der Waals surface area contributed by atoms with Gasteiger partial charge in [0.2, 0.25) is 11.8 Å². The summed E-state index contributed by atoms with van der Waals surface area (Å²) >= 11 is 0. The van der Waals surface area contributed by atoms with Crippen LogP contribution < -0.4 is 10.6 Å². The SMILES string of the molecule is CC(C)(C)OC(=O)NC(C(=O)N1CCC[C@H]1C(=O)NC(CC1CC1)C(=O)C(=O)O)C1Cc2ccccc2C1. The number of carbonyl (C=O) groups is 5. The summed E-state index contributed by atoms with van der Waals surface area (Å²) < 4.78 is 5.44. The predicted molar refractivity (Wildman–Crippen MR) is 137 cm³/mol. The Bertz CT molecular complexity index is 1080. The maximum atomic E-state index is 13.9. The number of nitrogens with one attached hydrogen (secondary N) is 2. The molecule has 38 heavy (non-hydrogen) atoms. The lowest BCUT2D eigenvalue weighted by Crippen LogP contribution is -2.58. The summed E-state index contributed by atoms with van der Waals surface area (Å²) in [6, 6.07) is 5.02. The summed E-state index contributed by atoms with van der Waals surface area (Å²) in [5.41, 5.74) is 1.49. The highest BCUT2D eigenvalue weighted by atomic mass is 16.6. The number of carboxylic acids is 1. The van der Waals surface area contributed by atoms with Gasteiger partial charge in [-0.15, -0.1) is 0 Å². The van der Waals surface area contributed by atoms with Crippen molar-refractivity contribution in [2.24, 2.45) is 11.8 Å². The van der Waals surface area contributed by atoms with Crippen LogP contribution in [0, 0.1) is 11.8 Å². The van der Waals surface area contributed by atoms with Crippen LogP contribution in [0.2, 0.25) is 0 Å². The molecule has 1 aliphatic heterocycles. The van der Waals surface area contributed by atoms with E-state index in [2.05, 4.69) is 10.6 Å². The Morgan fingerprint density at radius 1 is 1.03 bits per heavy atom. The molecule has 3 aliphatic rings. The summed E-state index contributed by atoms with van der Waals surface area (Å²) in [5, 5.41) is 14.6. The molecule has 0 bridgehead atoms. The van der Waals surface area contributed by atoms with Crippen molar-refractivity contribution in [2.75, 3.05) is 6.54 Å². The number of nitrogens with zero attached hydrogens (tertiary/aromatic N) is 1. The number of likely N-dealkylation sites (tertiary alicyclic amines) is 1. The number of alkyl carbamates (subject to hydrolysis) is 1. The maximum absolute atomic E-state index is 13.9. The van der Waals surface area contributed by atoms with E-state index in [1.165, 1.54) is 4.90 Å². The van der Waals surface area contributed by atoms with Crippen LogP contribution in [-0.2, 0) is 36.8 Å². The van der Waals surface area contributed by atoms with E-state index in [0.29, 0.717) is 32.2 Å². The van der Waals surface area contributed by atoms with Crippen LogP contribution in [0.4, 0.5) is 4.79 Å². The molecule has 3 N–H and O–H groups in total. The van der Waals surface area contributed by atoms with Crippen molar-refractivity contribution < 1.29 is 33.8 Å². The number of hydrogen-bond donors (Lipinski definition) is 3. The topological polar surface area (TPSA) is 142 Å². The van der Waals surface area contributed by atoms with Crippen molar-refractivity contribution in [3.05, 3.63) is 35.4 Å². The van der Waals surface area contributed by atoms with Gasteiger partial charge in [-0.2, -0.15) is 0 Å². The second-order valence-corrected chi connectivity index (χ2v) is 11.7. The lowest BCUT2D eigenvalue weighted by Gasteiger charge is -2.32. The molecule has 4 rings (SSSR count). The fourth-order valence-electron chi connectivity index (χ4n) is 5.46. The molecule has 1 heterocycles. The van der Waals surface area contributed by atoms with Gasteiger partial charge in [0.05, 0.1) is 6.04 Å². The Hall–Kier alpha value is -3.43. The number of benzene rings is 1. The van der Waals surface area contributed by atoms with Gasteiger partial charge < -0.3 is 25.4 Å². The van der Waals surface area contributed by atoms with Crippen LogP contribution in [-0.4, -0.2) is 69.9 Å². The van der Waals surface area contributed by atoms with E-state index in [9.17, 15) is 29.1 Å². The van der Waals surface area contributed by atoms with Crippen molar-refractivity contribution in [3.63, 3.8) is 0 Å². The Balaban J connectivity index is 1.51. The molecule has 1 saturated carbocycles. The van der Waals surface area contributed by atoms with E-state index in [1.807, 2.05) is 24.3 Å². The highest BCUT2D eigenvalue weighted by Crippen LogP contribution is 2.34. The number of hydrogen-bond acceptors (Lipinski definition) is 6. The Morgan fingerprint density at radius 3 is 2.21 bits per heavy atom. The standard InChI is InChI=1S/C28H37N3O7/c1-28(2,3)38-27(37)30-22(19-14-17-7-4-5-8-18(17)15-19)25(34)31-12-6-9-21(31)24(33)29-20(13-16-10-11-16)23(32)26(35)36/h4-5,7-8,16,19-22H,6,9-15H2,1-3H3,(H,29,33)(H,30,37)(H,35,36)/t20?,21-,22?/m0/s1. The highest BCUT2D eigenvalue weighted by molar-refractivity contribution is 6.35. The molecule has 206 valence electrons. The van der Waals surface area contributed by atoms with Gasteiger partial charge >= 0.3 is 12.1 Å². The monoisotopic (exact) mass is 527 g/mol. The minimum Gasteiger partial charge on any atom is -0.475 e. The quantitative estimate of drug-likeness (QED) is 0.418. The Kier molecular flexibility index (Phi) is 8.08. The van der Waals surface area contributed by atoms with Crippen molar-refractivity contribution >= 4 is 29.7 Å². The van der Waals surface area contributed by atoms with E-state index < -0.39 is 47.5 Å². The molecule has 2 fully saturated rings. The fourth-order valence-corrected chi connectivity index (χ4v) is 5.46. The largest absolute Gasteiger partial charge is 0.475 e. The Morgan fingerprint density at radius 2 is 1.66 bits per heavy atom. The molecule has 1 aromatic carbocycles. The number of Topliss-reactive ketones (excluding diaryl/α,β-unsaturated/α-hetero) is 1. The minimum atomic E-state index is -1.59. The zero-order valence-corrected chi connectivity index (χ0v) is 22.2. The van der Waals surface area contributed by atoms with Gasteiger partial charge in [-0.25, -0.2) is 9.59 Å². The second kappa shape index (κ2) is 11.1. The number of aliphatic carboxylic acids is 1. The maximum Gasteiger partial charge on any atom is 0.408 e. The number of carbonyl (C=O) groups excluding carboxylic acids is 4. The van der Waals surface area contributed by atoms with Crippen LogP contribution >= 0.6 is 0 Å². The van der Waals surface area contributed by atoms with Gasteiger partial charge in [-0.1, -0.05) is 37.1 Å². The molecule has 10 nitrogen and oxygen atoms in total. The van der Waals surface area contributed by atoms with Crippen molar-refractivity contribution in [3.8, 4) is 0 Å². The van der Waals surface area contributed by atoms with Gasteiger partial charge in [0.1, 0.15) is 17.7 Å². The third-order valence-electron chi connectivity index (χ3n) is 7.44. The first kappa shape index (κ1) is 27.6. The first-order valence-corrected chi connectivity index (χ1v) is 13.4. The zero-order valence-electron chi connectivity index (χ0n) is 22.2. The van der Waals surface area contributed by atoms with Crippen molar-refractivity contribution in [1.82, 2.24) is 15.5 Å². The van der Waals surface area contributed by atoms with Gasteiger partial charge in [-0.3, -0.25) is 14.4 Å². The highest BCUT2D eigenvalue weighted by Gasteiger charge is 2.43. The number of fused-ring (bicyclic) bond motifs is 1. The fraction of sp³-hybridized carbons (Fsp3) is 0.607. The summed E-state index contributed by atoms with van der Waals surface area (Å²) in [6.45, 7) is 5.55. The first-order valence-electron chi connectivity index (χ1n) is 13.4. The van der Waals surface area contributed by atoms with E-state index in [4.69, 9.17) is 4.74 Å². The summed E-state index contributed by atoms with van der Waals surface area (Å²) in [4.78, 5) is 65.0. The lowest BCUT2D eigenvalue weighted by molar-refractivity contribution is -0.151. The average molecular weight is 528 g/mol. The number of rotatable bonds is 9. The number of amides is 3. The molecule has 0 radical (unpaired) electrons. The molecule has 0 aromatic heterocycles. The molecule has 1 saturated heterocycles. The molecule has 3 atom stereocenters. The van der Waals surface area contributed by atoms with Crippen molar-refractivity contribution in [2.45, 2.75) is 89.4 Å². The molecule has 10 heteroatoms. The van der Waals surface area contributed by atoms with Crippen LogP contribution in [0.25, 0.3) is 0 Å². The summed E-state index contributed by atoms with van der Waals surface area (Å²) in [7, 11) is 0. The zero-order chi connectivity index (χ0) is 27.6. The third-order valence-corrected chi connectivity index (χ3v) is 7.44. The van der Waals surface area contributed by atoms with Crippen LogP contribution in [0.15, 0.2) is 24.3 Å². The van der Waals surface area contributed by atoms with Crippen molar-refractivity contribution in [1.29, 1.82) is 0 Å². The molecule has 2 unspecified atom stereocenters. The molecule has 3 amide bonds. The predicted octanol–water partition coefficient (Wildman–Crippen LogP) is 2.22. The van der Waals surface area contributed by atoms with Gasteiger partial charge in [0.15, 0.2) is 0 Å². The molecular weight excluding hydrogens is 490 g/mol. The molecule has 2 aliphatic carbocycles. The van der Waals surface area contributed by atoms with Gasteiger partial charge in [0, 0.05) is 6.54 Å². The minimum absolute atomic E-state index is 0.215. The van der Waals surface area contributed by atoms with Gasteiger partial charge in [0.25, 0.3) is 5.78 Å².